The fraction of sp³-hybridized carbons (Fsp3) is 0.703. The van der Waals surface area contributed by atoms with Gasteiger partial charge in [0.25, 0.3) is 11.8 Å². The van der Waals surface area contributed by atoms with Crippen molar-refractivity contribution < 1.29 is 119 Å². The number of Topliss-reactive ketones (excluding diaryl/α,β-unsaturated/α-hetero) is 1. The third kappa shape index (κ3) is 21.1. The van der Waals surface area contributed by atoms with Gasteiger partial charge in [0.05, 0.1) is 36.0 Å². The van der Waals surface area contributed by atoms with Gasteiger partial charge in [-0.15, -0.1) is 0 Å². The highest BCUT2D eigenvalue weighted by Crippen LogP contribution is 2.43. The summed E-state index contributed by atoms with van der Waals surface area (Å²) in [5, 5.41) is 8.00. The van der Waals surface area contributed by atoms with Gasteiger partial charge in [-0.1, -0.05) is 45.1 Å². The Morgan fingerprint density at radius 2 is 1.04 bits per heavy atom. The summed E-state index contributed by atoms with van der Waals surface area (Å²) in [5.41, 5.74) is -2.53. The van der Waals surface area contributed by atoms with Crippen LogP contribution in [0.15, 0.2) is 36.4 Å². The smallest absolute Gasteiger partial charge is 0.408 e. The van der Waals surface area contributed by atoms with Gasteiger partial charge in [-0.05, 0) is 99.6 Å². The lowest BCUT2D eigenvalue weighted by molar-refractivity contribution is -0.296. The molecular formula is C64H92N4O25. The van der Waals surface area contributed by atoms with Crippen molar-refractivity contribution in [1.82, 2.24) is 20.9 Å². The summed E-state index contributed by atoms with van der Waals surface area (Å²) < 4.78 is 86.5. The van der Waals surface area contributed by atoms with Crippen LogP contribution in [0.25, 0.3) is 0 Å². The van der Waals surface area contributed by atoms with E-state index in [4.69, 9.17) is 66.3 Å². The lowest BCUT2D eigenvalue weighted by Crippen LogP contribution is -2.67. The highest BCUT2D eigenvalue weighted by molar-refractivity contribution is 6.21. The zero-order chi connectivity index (χ0) is 69.2. The Morgan fingerprint density at radius 3 is 1.58 bits per heavy atom. The molecule has 29 nitrogen and oxygen atoms in total. The lowest BCUT2D eigenvalue weighted by atomic mass is 9.73. The highest BCUT2D eigenvalue weighted by atomic mass is 16.8. The van der Waals surface area contributed by atoms with E-state index in [0.29, 0.717) is 0 Å². The molecule has 93 heavy (non-hydrogen) atoms. The lowest BCUT2D eigenvalue weighted by Gasteiger charge is -2.48. The summed E-state index contributed by atoms with van der Waals surface area (Å²) >= 11 is 0. The molecule has 5 amide bonds. The number of nitrogens with one attached hydrogen (secondary N) is 3. The van der Waals surface area contributed by atoms with E-state index in [9.17, 15) is 52.7 Å². The monoisotopic (exact) mass is 1320 g/mol. The van der Waals surface area contributed by atoms with E-state index < -0.39 is 199 Å². The minimum absolute atomic E-state index is 0.00601. The molecule has 3 fully saturated rings. The molecule has 0 radical (unpaired) electrons. The first kappa shape index (κ1) is 74.7. The van der Waals surface area contributed by atoms with Crippen LogP contribution in [-0.4, -0.2) is 199 Å². The molecule has 1 aromatic carbocycles. The van der Waals surface area contributed by atoms with Gasteiger partial charge in [-0.2, -0.15) is 0 Å². The van der Waals surface area contributed by atoms with Gasteiger partial charge >= 0.3 is 48.1 Å². The molecule has 1 aliphatic carbocycles. The maximum atomic E-state index is 14.7. The Bertz CT molecular complexity index is 2880. The number of nitrogens with zero attached hydrogens (tertiary/aromatic N) is 1. The molecule has 4 aliphatic heterocycles. The number of hydrogen-bond acceptors (Lipinski definition) is 25. The third-order valence-electron chi connectivity index (χ3n) is 15.1. The fourth-order valence-electron chi connectivity index (χ4n) is 11.6. The Labute approximate surface area is 541 Å². The first-order valence-electron chi connectivity index (χ1n) is 31.3. The van der Waals surface area contributed by atoms with Crippen molar-refractivity contribution in [2.75, 3.05) is 13.1 Å². The number of benzene rings is 1. The van der Waals surface area contributed by atoms with Gasteiger partial charge in [0.15, 0.2) is 49.1 Å². The van der Waals surface area contributed by atoms with Gasteiger partial charge in [0.2, 0.25) is 0 Å². The maximum Gasteiger partial charge on any atom is 0.408 e. The van der Waals surface area contributed by atoms with E-state index >= 15 is 0 Å². The second-order valence-corrected chi connectivity index (χ2v) is 26.5. The SMILES string of the molecule is CC[C@@H]1O[C@H](O[C@H]2[C@@H](OC(C)=O)[C@H](O[C@@H]3[C@@H](OC(C)=O)[C@H](CC(=O)[C@H](CCNC(=O)OC(C)(C)C)OC(C)=O)C[C@H](C)[C@H]3O[C@H]3O[C@H](CN4C(=O)c5ccccc5C4=O)C=C[C@H]3NC(=O)OC(C)(C)C)O[C@@H]2CC)[C@H](NC(=O)OC(C)(C)C)[C@@H](OC(C)=O)[C@@H]1OC(C)=O. The Hall–Kier alpha value is -7.31. The van der Waals surface area contributed by atoms with Crippen LogP contribution in [0, 0.1) is 11.8 Å². The molecule has 29 heteroatoms. The number of amides is 5. The van der Waals surface area contributed by atoms with Crippen LogP contribution in [0.3, 0.4) is 0 Å². The quantitative estimate of drug-likeness (QED) is 0.0492. The second kappa shape index (κ2) is 31.7. The van der Waals surface area contributed by atoms with Crippen LogP contribution in [0.1, 0.15) is 171 Å². The summed E-state index contributed by atoms with van der Waals surface area (Å²) in [5.74, 6) is -7.73. The molecule has 1 saturated carbocycles. The zero-order valence-corrected chi connectivity index (χ0v) is 56.0. The van der Waals surface area contributed by atoms with Crippen molar-refractivity contribution in [3.8, 4) is 0 Å². The largest absolute Gasteiger partial charge is 0.459 e. The van der Waals surface area contributed by atoms with Crippen molar-refractivity contribution in [3.63, 3.8) is 0 Å². The van der Waals surface area contributed by atoms with E-state index in [1.54, 1.807) is 95.2 Å². The number of alkyl carbamates (subject to hydrolysis) is 3. The first-order chi connectivity index (χ1) is 43.3. The molecule has 0 aromatic heterocycles. The molecule has 6 rings (SSSR count). The number of ether oxygens (including phenoxy) is 14. The van der Waals surface area contributed by atoms with Crippen molar-refractivity contribution in [2.45, 2.75) is 265 Å². The molecule has 2 saturated heterocycles. The van der Waals surface area contributed by atoms with Gasteiger partial charge in [-0.3, -0.25) is 43.3 Å². The van der Waals surface area contributed by atoms with Crippen LogP contribution in [0.4, 0.5) is 14.4 Å². The van der Waals surface area contributed by atoms with E-state index in [2.05, 4.69) is 16.0 Å². The third-order valence-corrected chi connectivity index (χ3v) is 15.1. The minimum atomic E-state index is -1.71. The molecule has 0 bridgehead atoms. The van der Waals surface area contributed by atoms with Gasteiger partial charge < -0.3 is 82.3 Å². The first-order valence-corrected chi connectivity index (χ1v) is 31.3. The number of rotatable bonds is 23. The van der Waals surface area contributed by atoms with Crippen molar-refractivity contribution >= 4 is 65.7 Å². The Morgan fingerprint density at radius 1 is 0.559 bits per heavy atom. The summed E-state index contributed by atoms with van der Waals surface area (Å²) in [6, 6.07) is 3.61. The average molecular weight is 1320 g/mol. The number of imide groups is 1. The predicted octanol–water partition coefficient (Wildman–Crippen LogP) is 5.96. The normalized spacial score (nSPS) is 29.8. The van der Waals surface area contributed by atoms with Crippen molar-refractivity contribution in [3.05, 3.63) is 47.5 Å². The van der Waals surface area contributed by atoms with Crippen LogP contribution < -0.4 is 16.0 Å². The summed E-state index contributed by atoms with van der Waals surface area (Å²) in [6.45, 7) is 25.0. The Kier molecular flexibility index (Phi) is 25.5. The van der Waals surface area contributed by atoms with Crippen LogP contribution in [0.5, 0.6) is 0 Å². The summed E-state index contributed by atoms with van der Waals surface area (Å²) in [6.07, 6.45) is -19.8. The summed E-state index contributed by atoms with van der Waals surface area (Å²) in [7, 11) is 0. The summed E-state index contributed by atoms with van der Waals surface area (Å²) in [4.78, 5) is 148. The van der Waals surface area contributed by atoms with Gasteiger partial charge in [0, 0.05) is 59.9 Å². The Balaban J connectivity index is 1.45. The van der Waals surface area contributed by atoms with Gasteiger partial charge in [-0.25, -0.2) is 14.4 Å². The molecule has 4 heterocycles. The molecule has 0 spiro atoms. The molecule has 1 aromatic rings. The van der Waals surface area contributed by atoms with Crippen LogP contribution in [0.2, 0.25) is 0 Å². The van der Waals surface area contributed by atoms with Crippen molar-refractivity contribution in [2.24, 2.45) is 11.8 Å². The molecule has 18 atom stereocenters. The van der Waals surface area contributed by atoms with E-state index in [1.165, 1.54) is 24.3 Å². The minimum Gasteiger partial charge on any atom is -0.459 e. The number of carbonyl (C=O) groups excluding carboxylic acids is 11. The number of hydrogen-bond donors (Lipinski definition) is 3. The van der Waals surface area contributed by atoms with Crippen LogP contribution in [-0.2, 0) is 95.1 Å². The van der Waals surface area contributed by atoms with E-state index in [1.807, 2.05) is 0 Å². The fourth-order valence-corrected chi connectivity index (χ4v) is 11.6. The predicted molar refractivity (Wildman–Crippen MR) is 322 cm³/mol. The van der Waals surface area contributed by atoms with Crippen LogP contribution >= 0.6 is 0 Å². The molecular weight excluding hydrogens is 1220 g/mol. The topological polar surface area (TPSA) is 356 Å². The van der Waals surface area contributed by atoms with Gasteiger partial charge in [0.1, 0.15) is 53.3 Å². The van der Waals surface area contributed by atoms with E-state index in [-0.39, 0.29) is 49.9 Å². The van der Waals surface area contributed by atoms with Crippen molar-refractivity contribution in [1.29, 1.82) is 0 Å². The molecule has 5 aliphatic rings. The standard InChI is InChI=1S/C64H92N4O25/c1-18-43-49(82-34(6)71)51(83-35(7)72)46(67-61(79)93-64(15,16)17)57(86-43)89-50-44(19-2)87-58(53(50)84-36(8)73)90-52-47(31(3)28-37(48(52)81-33(5)70)29-42(74)45(80-32(4)69)26-27-65-59(77)91-62(9,10)11)88-56-41(66-60(78)92-63(12,13)14)25-24-38(85-56)30-68-54(75)39-22-20-21-23-40(39)55(68)76/h20-25,31,37-38,41,43-53,56-58H,18-19,26-30H2,1-17H3,(H,65,77)(H,66,78)(H,67,79)/t31-,37-,38-,41+,43-,44+,45-,46+,47+,48-,49+,50+,51+,52-,53+,56+,57+,58-/m0/s1. The van der Waals surface area contributed by atoms with E-state index in [0.717, 1.165) is 39.5 Å². The molecule has 0 unspecified atom stereocenters. The number of fused-ring (bicyclic) bond motifs is 1. The zero-order valence-electron chi connectivity index (χ0n) is 56.0. The maximum absolute atomic E-state index is 14.7. The molecule has 518 valence electrons. The second-order valence-electron chi connectivity index (χ2n) is 26.5. The average Bonchev–Trinajstić information content (AvgIpc) is 1.80. The highest BCUT2D eigenvalue weighted by Gasteiger charge is 2.58. The number of carbonyl (C=O) groups is 11. The number of esters is 5. The molecule has 3 N–H and O–H groups in total. The number of ketones is 1.